The largest absolute Gasteiger partial charge is 0.867 e. The number of phenolic OH excluding ortho intramolecular Hbond substituents is 4. The van der Waals surface area contributed by atoms with E-state index in [-0.39, 0.29) is 0 Å². The Balaban J connectivity index is 2.39. The number of carbonyl (C=O) groups excluding carboxylic acids is 1. The number of aromatic carboxylic acids is 1. The number of benzene rings is 2. The van der Waals surface area contributed by atoms with E-state index in [1.54, 1.807) is 0 Å². The van der Waals surface area contributed by atoms with Crippen LogP contribution in [-0.2, 0) is 0 Å². The van der Waals surface area contributed by atoms with Crippen LogP contribution >= 0.6 is 0 Å². The van der Waals surface area contributed by atoms with Gasteiger partial charge in [0.25, 0.3) is 0 Å². The normalized spacial score (nSPS) is 10.3. The highest BCUT2D eigenvalue weighted by atomic mass is 16.5. The van der Waals surface area contributed by atoms with E-state index in [1.807, 2.05) is 0 Å². The molecule has 0 bridgehead atoms. The number of ether oxygens (including phenoxy) is 1. The molecular weight excluding hydrogens is 312 g/mol. The number of phenols is 4. The van der Waals surface area contributed by atoms with Crippen molar-refractivity contribution in [3.63, 3.8) is 0 Å². The summed E-state index contributed by atoms with van der Waals surface area (Å²) in [5.74, 6) is -7.90. The molecule has 5 N–H and O–H groups in total. The zero-order valence-corrected chi connectivity index (χ0v) is 11.2. The molecule has 2 aromatic rings. The highest BCUT2D eigenvalue weighted by molar-refractivity contribution is 5.94. The van der Waals surface area contributed by atoms with Gasteiger partial charge in [0.2, 0.25) is 5.75 Å². The lowest BCUT2D eigenvalue weighted by Crippen LogP contribution is -2.10. The molecule has 0 aromatic heterocycles. The predicted molar refractivity (Wildman–Crippen MR) is 70.9 cm³/mol. The number of carboxylic acids is 1. The molecule has 0 aliphatic carbocycles. The molecule has 0 aliphatic heterocycles. The van der Waals surface area contributed by atoms with E-state index in [0.29, 0.717) is 0 Å². The van der Waals surface area contributed by atoms with E-state index in [4.69, 9.17) is 9.84 Å². The Kier molecular flexibility index (Phi) is 3.86. The molecule has 0 spiro atoms. The Hall–Kier alpha value is -3.62. The lowest BCUT2D eigenvalue weighted by Gasteiger charge is -2.13. The fourth-order valence-corrected chi connectivity index (χ4v) is 1.67. The third-order valence-corrected chi connectivity index (χ3v) is 2.79. The molecule has 0 radical (unpaired) electrons. The first-order chi connectivity index (χ1) is 10.7. The second kappa shape index (κ2) is 5.64. The van der Waals surface area contributed by atoms with E-state index in [2.05, 4.69) is 0 Å². The molecular formula is C14H9O9-. The van der Waals surface area contributed by atoms with Gasteiger partial charge in [0.1, 0.15) is 11.5 Å². The Morgan fingerprint density at radius 3 is 1.91 bits per heavy atom. The van der Waals surface area contributed by atoms with Gasteiger partial charge in [0, 0.05) is 0 Å². The summed E-state index contributed by atoms with van der Waals surface area (Å²) in [6.07, 6.45) is 0. The topological polar surface area (TPSA) is 168 Å². The van der Waals surface area contributed by atoms with Crippen LogP contribution in [-0.4, -0.2) is 37.5 Å². The van der Waals surface area contributed by atoms with E-state index < -0.39 is 57.6 Å². The fourth-order valence-electron chi connectivity index (χ4n) is 1.67. The minimum Gasteiger partial charge on any atom is -0.867 e. The van der Waals surface area contributed by atoms with Gasteiger partial charge in [-0.25, -0.2) is 9.59 Å². The van der Waals surface area contributed by atoms with Gasteiger partial charge in [0.15, 0.2) is 11.5 Å². The predicted octanol–water partition coefficient (Wildman–Crippen LogP) is 0.500. The zero-order chi connectivity index (χ0) is 17.3. The van der Waals surface area contributed by atoms with Crippen LogP contribution in [0.25, 0.3) is 0 Å². The number of hydrogen-bond acceptors (Lipinski definition) is 8. The molecule has 0 atom stereocenters. The smallest absolute Gasteiger partial charge is 0.343 e. The molecule has 23 heavy (non-hydrogen) atoms. The van der Waals surface area contributed by atoms with Crippen LogP contribution in [0.15, 0.2) is 24.3 Å². The molecule has 0 heterocycles. The van der Waals surface area contributed by atoms with Gasteiger partial charge < -0.3 is 35.4 Å². The number of carbonyl (C=O) groups is 2. The summed E-state index contributed by atoms with van der Waals surface area (Å²) >= 11 is 0. The highest BCUT2D eigenvalue weighted by Crippen LogP contribution is 2.38. The van der Waals surface area contributed by atoms with Crippen LogP contribution in [0.2, 0.25) is 0 Å². The second-order valence-electron chi connectivity index (χ2n) is 4.38. The number of carboxylic acid groups (broad SMARTS) is 1. The Morgan fingerprint density at radius 2 is 1.39 bits per heavy atom. The molecule has 0 aliphatic rings. The number of aromatic hydroxyl groups is 4. The van der Waals surface area contributed by atoms with Crippen molar-refractivity contribution in [2.45, 2.75) is 0 Å². The summed E-state index contributed by atoms with van der Waals surface area (Å²) in [4.78, 5) is 22.8. The van der Waals surface area contributed by atoms with Crippen LogP contribution in [0.1, 0.15) is 20.7 Å². The molecule has 2 rings (SSSR count). The van der Waals surface area contributed by atoms with Crippen molar-refractivity contribution in [3.8, 4) is 34.5 Å². The Bertz CT molecular complexity index is 787. The minimum atomic E-state index is -1.44. The molecule has 0 amide bonds. The van der Waals surface area contributed by atoms with Crippen molar-refractivity contribution in [1.82, 2.24) is 0 Å². The zero-order valence-electron chi connectivity index (χ0n) is 11.2. The fraction of sp³-hybridized carbons (Fsp3) is 0. The lowest BCUT2D eigenvalue weighted by molar-refractivity contribution is -0.272. The van der Waals surface area contributed by atoms with Gasteiger partial charge >= 0.3 is 11.9 Å². The van der Waals surface area contributed by atoms with Crippen molar-refractivity contribution < 1.29 is 45.0 Å². The standard InChI is InChI=1S/C14H10O9/c15-7-2-6(3-8(16)11(7)18)14(22)23-10-4-5(13(20)21)1-9(17)12(10)19/h1-4,15-19H,(H,20,21)/p-1. The third kappa shape index (κ3) is 3.02. The van der Waals surface area contributed by atoms with E-state index in [1.165, 1.54) is 0 Å². The second-order valence-corrected chi connectivity index (χ2v) is 4.38. The van der Waals surface area contributed by atoms with Gasteiger partial charge in [-0.15, -0.1) is 0 Å². The summed E-state index contributed by atoms with van der Waals surface area (Å²) in [5, 5.41) is 57.5. The summed E-state index contributed by atoms with van der Waals surface area (Å²) in [6, 6.07) is 2.99. The number of rotatable bonds is 3. The lowest BCUT2D eigenvalue weighted by atomic mass is 10.1. The van der Waals surface area contributed by atoms with Crippen molar-refractivity contribution in [1.29, 1.82) is 0 Å². The number of hydrogen-bond donors (Lipinski definition) is 5. The Morgan fingerprint density at radius 1 is 0.870 bits per heavy atom. The van der Waals surface area contributed by atoms with Crippen molar-refractivity contribution in [2.24, 2.45) is 0 Å². The van der Waals surface area contributed by atoms with Gasteiger partial charge in [-0.05, 0) is 30.0 Å². The van der Waals surface area contributed by atoms with E-state index in [9.17, 15) is 35.1 Å². The molecule has 9 nitrogen and oxygen atoms in total. The van der Waals surface area contributed by atoms with Gasteiger partial charge in [-0.2, -0.15) is 0 Å². The van der Waals surface area contributed by atoms with Crippen LogP contribution in [0.3, 0.4) is 0 Å². The highest BCUT2D eigenvalue weighted by Gasteiger charge is 2.19. The maximum Gasteiger partial charge on any atom is 0.343 e. The summed E-state index contributed by atoms with van der Waals surface area (Å²) < 4.78 is 4.72. The first kappa shape index (κ1) is 15.8. The molecule has 120 valence electrons. The molecule has 2 aromatic carbocycles. The molecule has 9 heteroatoms. The van der Waals surface area contributed by atoms with Gasteiger partial charge in [-0.1, -0.05) is 0 Å². The first-order valence-electron chi connectivity index (χ1n) is 5.95. The first-order valence-corrected chi connectivity index (χ1v) is 5.95. The van der Waals surface area contributed by atoms with E-state index >= 15 is 0 Å². The summed E-state index contributed by atoms with van der Waals surface area (Å²) in [7, 11) is 0. The van der Waals surface area contributed by atoms with E-state index in [0.717, 1.165) is 24.3 Å². The number of esters is 1. The van der Waals surface area contributed by atoms with Gasteiger partial charge in [0.05, 0.1) is 11.1 Å². The van der Waals surface area contributed by atoms with Crippen LogP contribution in [0.4, 0.5) is 0 Å². The Labute approximate surface area is 127 Å². The minimum absolute atomic E-state index is 0.431. The molecule has 0 fully saturated rings. The maximum absolute atomic E-state index is 11.9. The quantitative estimate of drug-likeness (QED) is 0.307. The van der Waals surface area contributed by atoms with Gasteiger partial charge in [-0.3, -0.25) is 0 Å². The summed E-state index contributed by atoms with van der Waals surface area (Å²) in [6.45, 7) is 0. The van der Waals surface area contributed by atoms with Crippen LogP contribution in [0.5, 0.6) is 34.5 Å². The summed E-state index contributed by atoms with van der Waals surface area (Å²) in [5.41, 5.74) is -0.886. The molecule has 0 saturated heterocycles. The van der Waals surface area contributed by atoms with Crippen molar-refractivity contribution >= 4 is 11.9 Å². The monoisotopic (exact) mass is 321 g/mol. The molecule has 0 unspecified atom stereocenters. The van der Waals surface area contributed by atoms with Crippen LogP contribution < -0.4 is 9.84 Å². The molecule has 0 saturated carbocycles. The third-order valence-electron chi connectivity index (χ3n) is 2.79. The SMILES string of the molecule is O=C(O)c1cc(O)c(O)c(OC(=O)c2cc(O)c([O-])c(O)c2)c1. The van der Waals surface area contributed by atoms with Crippen LogP contribution in [0, 0.1) is 0 Å². The average Bonchev–Trinajstić information content (AvgIpc) is 2.48. The van der Waals surface area contributed by atoms with Crippen molar-refractivity contribution in [2.75, 3.05) is 0 Å². The van der Waals surface area contributed by atoms with Crippen molar-refractivity contribution in [3.05, 3.63) is 35.4 Å². The average molecular weight is 321 g/mol. The maximum atomic E-state index is 11.9.